The number of carbonyl (C=O) groups is 1. The van der Waals surface area contributed by atoms with Gasteiger partial charge in [0.25, 0.3) is 0 Å². The van der Waals surface area contributed by atoms with Gasteiger partial charge in [-0.1, -0.05) is 29.8 Å². The van der Waals surface area contributed by atoms with E-state index in [1.54, 1.807) is 18.0 Å². The maximum absolute atomic E-state index is 11.9. The molecule has 1 heterocycles. The van der Waals surface area contributed by atoms with Crippen molar-refractivity contribution in [1.29, 1.82) is 0 Å². The van der Waals surface area contributed by atoms with Crippen LogP contribution in [-0.4, -0.2) is 16.6 Å². The lowest BCUT2D eigenvalue weighted by molar-refractivity contribution is -0.121. The van der Waals surface area contributed by atoms with E-state index < -0.39 is 0 Å². The molecule has 0 fully saturated rings. The van der Waals surface area contributed by atoms with Crippen molar-refractivity contribution in [3.63, 3.8) is 0 Å². The van der Waals surface area contributed by atoms with Gasteiger partial charge in [-0.25, -0.2) is 0 Å². The second-order valence-corrected chi connectivity index (χ2v) is 6.12. The van der Waals surface area contributed by atoms with E-state index in [-0.39, 0.29) is 11.9 Å². The van der Waals surface area contributed by atoms with Gasteiger partial charge in [-0.15, -0.1) is 11.8 Å². The fraction of sp³-hybridized carbons (Fsp3) is 0.250. The zero-order chi connectivity index (χ0) is 15.1. The molecule has 1 aromatic heterocycles. The predicted octanol–water partition coefficient (Wildman–Crippen LogP) is 4.09. The molecule has 3 nitrogen and oxygen atoms in total. The first kappa shape index (κ1) is 15.9. The number of hydrogen-bond acceptors (Lipinski definition) is 3. The molecule has 0 bridgehead atoms. The van der Waals surface area contributed by atoms with Crippen LogP contribution < -0.4 is 5.32 Å². The van der Waals surface area contributed by atoms with Crippen LogP contribution in [0.4, 0.5) is 0 Å². The van der Waals surface area contributed by atoms with Gasteiger partial charge in [0.15, 0.2) is 0 Å². The number of nitrogens with zero attached hydrogens (tertiary/aromatic N) is 1. The van der Waals surface area contributed by atoms with Gasteiger partial charge >= 0.3 is 0 Å². The molecule has 2 rings (SSSR count). The summed E-state index contributed by atoms with van der Waals surface area (Å²) in [5.74, 6) is 0.720. The van der Waals surface area contributed by atoms with Gasteiger partial charge in [0.05, 0.1) is 16.8 Å². The third-order valence-electron chi connectivity index (χ3n) is 2.93. The van der Waals surface area contributed by atoms with Crippen molar-refractivity contribution in [2.45, 2.75) is 24.3 Å². The molecule has 21 heavy (non-hydrogen) atoms. The third-order valence-corrected chi connectivity index (χ3v) is 4.45. The van der Waals surface area contributed by atoms with Crippen molar-refractivity contribution in [2.75, 3.05) is 5.75 Å². The van der Waals surface area contributed by atoms with E-state index in [1.807, 2.05) is 49.4 Å². The van der Waals surface area contributed by atoms with Gasteiger partial charge in [0.1, 0.15) is 0 Å². The average molecular weight is 321 g/mol. The van der Waals surface area contributed by atoms with Crippen LogP contribution in [0.1, 0.15) is 25.1 Å². The molecule has 1 unspecified atom stereocenters. The Morgan fingerprint density at radius 3 is 2.76 bits per heavy atom. The summed E-state index contributed by atoms with van der Waals surface area (Å²) >= 11 is 7.66. The van der Waals surface area contributed by atoms with Gasteiger partial charge in [-0.3, -0.25) is 9.78 Å². The summed E-state index contributed by atoms with van der Waals surface area (Å²) in [7, 11) is 0. The standard InChI is InChI=1S/C16H17ClN2OS/c1-12(14-7-4-5-10-18-14)19-16(20)9-11-21-15-8-3-2-6-13(15)17/h2-8,10,12H,9,11H2,1H3,(H,19,20). The Morgan fingerprint density at radius 2 is 2.05 bits per heavy atom. The molecule has 1 N–H and O–H groups in total. The Bertz CT molecular complexity index is 592. The van der Waals surface area contributed by atoms with Crippen molar-refractivity contribution in [1.82, 2.24) is 10.3 Å². The third kappa shape index (κ3) is 5.06. The van der Waals surface area contributed by atoms with E-state index in [0.717, 1.165) is 15.6 Å². The van der Waals surface area contributed by atoms with E-state index in [4.69, 9.17) is 11.6 Å². The smallest absolute Gasteiger partial charge is 0.221 e. The Labute approximate surface area is 134 Å². The number of nitrogens with one attached hydrogen (secondary N) is 1. The normalized spacial score (nSPS) is 11.9. The number of rotatable bonds is 6. The maximum Gasteiger partial charge on any atom is 0.221 e. The van der Waals surface area contributed by atoms with Crippen molar-refractivity contribution >= 4 is 29.3 Å². The van der Waals surface area contributed by atoms with Crippen LogP contribution in [0.25, 0.3) is 0 Å². The van der Waals surface area contributed by atoms with Crippen molar-refractivity contribution in [2.24, 2.45) is 0 Å². The van der Waals surface area contributed by atoms with Gasteiger partial charge in [0.2, 0.25) is 5.91 Å². The summed E-state index contributed by atoms with van der Waals surface area (Å²) in [5, 5.41) is 3.68. The summed E-state index contributed by atoms with van der Waals surface area (Å²) in [6.45, 7) is 1.93. The molecule has 0 saturated carbocycles. The number of aromatic nitrogens is 1. The predicted molar refractivity (Wildman–Crippen MR) is 87.6 cm³/mol. The zero-order valence-corrected chi connectivity index (χ0v) is 13.3. The summed E-state index contributed by atoms with van der Waals surface area (Å²) in [6, 6.07) is 13.3. The first-order valence-corrected chi connectivity index (χ1v) is 8.11. The molecule has 5 heteroatoms. The minimum atomic E-state index is -0.0796. The Morgan fingerprint density at radius 1 is 1.29 bits per heavy atom. The molecule has 0 aliphatic heterocycles. The van der Waals surface area contributed by atoms with Crippen molar-refractivity contribution < 1.29 is 4.79 Å². The van der Waals surface area contributed by atoms with E-state index in [1.165, 1.54) is 0 Å². The molecule has 1 amide bonds. The quantitative estimate of drug-likeness (QED) is 0.815. The second-order valence-electron chi connectivity index (χ2n) is 4.57. The van der Waals surface area contributed by atoms with Crippen LogP contribution in [0, 0.1) is 0 Å². The fourth-order valence-corrected chi connectivity index (χ4v) is 3.02. The maximum atomic E-state index is 11.9. The highest BCUT2D eigenvalue weighted by molar-refractivity contribution is 7.99. The first-order chi connectivity index (χ1) is 10.2. The van der Waals surface area contributed by atoms with Gasteiger partial charge in [-0.05, 0) is 31.2 Å². The minimum Gasteiger partial charge on any atom is -0.348 e. The molecule has 2 aromatic rings. The van der Waals surface area contributed by atoms with Gasteiger partial charge in [0, 0.05) is 23.3 Å². The summed E-state index contributed by atoms with van der Waals surface area (Å²) in [6.07, 6.45) is 2.18. The highest BCUT2D eigenvalue weighted by Gasteiger charge is 2.10. The van der Waals surface area contributed by atoms with Crippen LogP contribution in [0.2, 0.25) is 5.02 Å². The molecule has 1 aromatic carbocycles. The molecule has 0 aliphatic rings. The topological polar surface area (TPSA) is 42.0 Å². The Hall–Kier alpha value is -1.52. The monoisotopic (exact) mass is 320 g/mol. The Kier molecular flexibility index (Phi) is 6.08. The number of thioether (sulfide) groups is 1. The average Bonchev–Trinajstić information content (AvgIpc) is 2.50. The van der Waals surface area contributed by atoms with Crippen molar-refractivity contribution in [3.8, 4) is 0 Å². The minimum absolute atomic E-state index is 0.0210. The first-order valence-electron chi connectivity index (χ1n) is 6.74. The van der Waals surface area contributed by atoms with Crippen LogP contribution in [0.5, 0.6) is 0 Å². The zero-order valence-electron chi connectivity index (χ0n) is 11.8. The lowest BCUT2D eigenvalue weighted by Gasteiger charge is -2.13. The van der Waals surface area contributed by atoms with Crippen LogP contribution in [0.15, 0.2) is 53.6 Å². The van der Waals surface area contributed by atoms with Gasteiger partial charge < -0.3 is 5.32 Å². The van der Waals surface area contributed by atoms with E-state index in [9.17, 15) is 4.79 Å². The van der Waals surface area contributed by atoms with E-state index in [2.05, 4.69) is 10.3 Å². The molecular formula is C16H17ClN2OS. The number of halogens is 1. The van der Waals surface area contributed by atoms with Crippen molar-refractivity contribution in [3.05, 3.63) is 59.4 Å². The molecule has 0 radical (unpaired) electrons. The SMILES string of the molecule is CC(NC(=O)CCSc1ccccc1Cl)c1ccccn1. The number of amides is 1. The molecule has 0 saturated heterocycles. The second kappa shape index (κ2) is 8.05. The summed E-state index contributed by atoms with van der Waals surface area (Å²) in [5.41, 5.74) is 0.865. The van der Waals surface area contributed by atoms with Crippen LogP contribution in [0.3, 0.4) is 0 Å². The molecule has 110 valence electrons. The molecular weight excluding hydrogens is 304 g/mol. The lowest BCUT2D eigenvalue weighted by Crippen LogP contribution is -2.27. The summed E-state index contributed by atoms with van der Waals surface area (Å²) < 4.78 is 0. The molecule has 1 atom stereocenters. The highest BCUT2D eigenvalue weighted by Crippen LogP contribution is 2.26. The number of hydrogen-bond donors (Lipinski definition) is 1. The van der Waals surface area contributed by atoms with E-state index >= 15 is 0 Å². The number of pyridine rings is 1. The van der Waals surface area contributed by atoms with E-state index in [0.29, 0.717) is 12.2 Å². The number of benzene rings is 1. The lowest BCUT2D eigenvalue weighted by atomic mass is 10.2. The largest absolute Gasteiger partial charge is 0.348 e. The highest BCUT2D eigenvalue weighted by atomic mass is 35.5. The van der Waals surface area contributed by atoms with Gasteiger partial charge in [-0.2, -0.15) is 0 Å². The summed E-state index contributed by atoms with van der Waals surface area (Å²) in [4.78, 5) is 17.2. The fourth-order valence-electron chi connectivity index (χ4n) is 1.84. The number of carbonyl (C=O) groups excluding carboxylic acids is 1. The molecule has 0 aliphatic carbocycles. The Balaban J connectivity index is 1.76. The van der Waals surface area contributed by atoms with Crippen LogP contribution in [-0.2, 0) is 4.79 Å². The van der Waals surface area contributed by atoms with Crippen LogP contribution >= 0.6 is 23.4 Å². The molecule has 0 spiro atoms.